The number of guanidine groups is 1. The second-order valence-electron chi connectivity index (χ2n) is 5.01. The van der Waals surface area contributed by atoms with E-state index in [1.54, 1.807) is 11.3 Å². The number of hydrogen-bond acceptors (Lipinski definition) is 5. The van der Waals surface area contributed by atoms with Gasteiger partial charge in [-0.25, -0.2) is 9.78 Å². The van der Waals surface area contributed by atoms with Gasteiger partial charge in [0.25, 0.3) is 0 Å². The van der Waals surface area contributed by atoms with Crippen molar-refractivity contribution in [3.8, 4) is 0 Å². The van der Waals surface area contributed by atoms with Crippen LogP contribution >= 0.6 is 11.3 Å². The lowest BCUT2D eigenvalue weighted by molar-refractivity contribution is -0.124. The Morgan fingerprint density at radius 2 is 2.30 bits per heavy atom. The summed E-state index contributed by atoms with van der Waals surface area (Å²) in [4.78, 5) is 34.1. The maximum absolute atomic E-state index is 11.5. The maximum atomic E-state index is 11.5. The van der Waals surface area contributed by atoms with E-state index >= 15 is 0 Å². The SMILES string of the molecule is CCNC(=NCCc1ncc(C)s1)NCCN1C(=O)CNC1=O. The molecule has 2 heterocycles. The Morgan fingerprint density at radius 1 is 1.48 bits per heavy atom. The molecule has 0 atom stereocenters. The Kier molecular flexibility index (Phi) is 6.33. The third kappa shape index (κ3) is 5.20. The molecule has 23 heavy (non-hydrogen) atoms. The van der Waals surface area contributed by atoms with E-state index in [-0.39, 0.29) is 18.5 Å². The highest BCUT2D eigenvalue weighted by atomic mass is 32.1. The molecule has 1 fully saturated rings. The normalized spacial score (nSPS) is 15.0. The molecule has 1 aliphatic rings. The second kappa shape index (κ2) is 8.47. The summed E-state index contributed by atoms with van der Waals surface area (Å²) in [6, 6.07) is -0.335. The number of thiazole rings is 1. The molecule has 0 spiro atoms. The number of hydrogen-bond donors (Lipinski definition) is 3. The van der Waals surface area contributed by atoms with E-state index in [0.717, 1.165) is 18.0 Å². The van der Waals surface area contributed by atoms with Gasteiger partial charge < -0.3 is 16.0 Å². The van der Waals surface area contributed by atoms with Gasteiger partial charge in [-0.1, -0.05) is 0 Å². The molecule has 0 radical (unpaired) electrons. The minimum atomic E-state index is -0.335. The number of rotatable bonds is 7. The first kappa shape index (κ1) is 17.2. The molecule has 126 valence electrons. The Bertz CT molecular complexity index is 570. The number of nitrogens with zero attached hydrogens (tertiary/aromatic N) is 3. The van der Waals surface area contributed by atoms with Crippen LogP contribution in [0, 0.1) is 6.92 Å². The van der Waals surface area contributed by atoms with Gasteiger partial charge in [0.05, 0.1) is 11.6 Å². The number of amides is 3. The molecule has 1 aromatic heterocycles. The minimum absolute atomic E-state index is 0.0836. The average molecular weight is 338 g/mol. The number of aromatic nitrogens is 1. The van der Waals surface area contributed by atoms with Crippen LogP contribution in [-0.4, -0.2) is 60.5 Å². The highest BCUT2D eigenvalue weighted by Crippen LogP contribution is 2.11. The van der Waals surface area contributed by atoms with Crippen LogP contribution in [0.1, 0.15) is 16.8 Å². The van der Waals surface area contributed by atoms with E-state index in [9.17, 15) is 9.59 Å². The zero-order chi connectivity index (χ0) is 16.7. The molecule has 1 aromatic rings. The average Bonchev–Trinajstić information content (AvgIpc) is 3.07. The van der Waals surface area contributed by atoms with Crippen LogP contribution in [-0.2, 0) is 11.2 Å². The lowest BCUT2D eigenvalue weighted by Gasteiger charge is -2.15. The van der Waals surface area contributed by atoms with E-state index in [1.807, 2.05) is 20.0 Å². The molecule has 2 rings (SSSR count). The van der Waals surface area contributed by atoms with Crippen molar-refractivity contribution in [3.05, 3.63) is 16.1 Å². The quantitative estimate of drug-likeness (QED) is 0.372. The topological polar surface area (TPSA) is 98.7 Å². The van der Waals surface area contributed by atoms with Gasteiger partial charge in [-0.3, -0.25) is 14.7 Å². The smallest absolute Gasteiger partial charge is 0.324 e. The highest BCUT2D eigenvalue weighted by Gasteiger charge is 2.27. The molecule has 0 saturated carbocycles. The van der Waals surface area contributed by atoms with Crippen LogP contribution < -0.4 is 16.0 Å². The van der Waals surface area contributed by atoms with Crippen LogP contribution in [0.2, 0.25) is 0 Å². The number of carbonyl (C=O) groups excluding carboxylic acids is 2. The predicted octanol–water partition coefficient (Wildman–Crippen LogP) is 0.101. The van der Waals surface area contributed by atoms with Crippen LogP contribution in [0.25, 0.3) is 0 Å². The van der Waals surface area contributed by atoms with Crippen LogP contribution in [0.3, 0.4) is 0 Å². The molecule has 0 aromatic carbocycles. The van der Waals surface area contributed by atoms with Gasteiger partial charge in [0.2, 0.25) is 5.91 Å². The predicted molar refractivity (Wildman–Crippen MR) is 89.6 cm³/mol. The minimum Gasteiger partial charge on any atom is -0.357 e. The van der Waals surface area contributed by atoms with Gasteiger partial charge >= 0.3 is 6.03 Å². The highest BCUT2D eigenvalue weighted by molar-refractivity contribution is 7.11. The summed E-state index contributed by atoms with van der Waals surface area (Å²) in [5.41, 5.74) is 0. The second-order valence-corrected chi connectivity index (χ2v) is 6.33. The van der Waals surface area contributed by atoms with Crippen LogP contribution in [0.5, 0.6) is 0 Å². The fourth-order valence-electron chi connectivity index (χ4n) is 2.09. The Balaban J connectivity index is 1.77. The number of aryl methyl sites for hydroxylation is 1. The van der Waals surface area contributed by atoms with Crippen molar-refractivity contribution in [2.45, 2.75) is 20.3 Å². The van der Waals surface area contributed by atoms with E-state index < -0.39 is 0 Å². The molecule has 3 N–H and O–H groups in total. The van der Waals surface area contributed by atoms with E-state index in [2.05, 4.69) is 25.9 Å². The monoisotopic (exact) mass is 338 g/mol. The molecular formula is C14H22N6O2S. The molecule has 0 aliphatic carbocycles. The van der Waals surface area contributed by atoms with Crippen LogP contribution in [0.4, 0.5) is 4.79 Å². The van der Waals surface area contributed by atoms with Crippen molar-refractivity contribution in [3.63, 3.8) is 0 Å². The van der Waals surface area contributed by atoms with Gasteiger partial charge in [0.1, 0.15) is 0 Å². The third-order valence-corrected chi connectivity index (χ3v) is 4.15. The van der Waals surface area contributed by atoms with Gasteiger partial charge in [0, 0.05) is 43.7 Å². The first-order valence-electron chi connectivity index (χ1n) is 7.62. The van der Waals surface area contributed by atoms with E-state index in [1.165, 1.54) is 9.78 Å². The first-order chi connectivity index (χ1) is 11.1. The summed E-state index contributed by atoms with van der Waals surface area (Å²) < 4.78 is 0. The zero-order valence-electron chi connectivity index (χ0n) is 13.4. The standard InChI is InChI=1S/C14H22N6O2S/c1-3-15-13(16-5-4-11-18-8-10(2)23-11)17-6-7-20-12(21)9-19-14(20)22/h8H,3-7,9H2,1-2H3,(H,19,22)(H2,15,16,17). The molecule has 8 nitrogen and oxygen atoms in total. The molecule has 3 amide bonds. The van der Waals surface area contributed by atoms with Crippen molar-refractivity contribution in [2.75, 3.05) is 32.7 Å². The van der Waals surface area contributed by atoms with E-state index in [0.29, 0.717) is 25.6 Å². The Hall–Kier alpha value is -2.16. The van der Waals surface area contributed by atoms with Gasteiger partial charge in [-0.05, 0) is 13.8 Å². The summed E-state index contributed by atoms with van der Waals surface area (Å²) in [7, 11) is 0. The first-order valence-corrected chi connectivity index (χ1v) is 8.43. The van der Waals surface area contributed by atoms with Crippen molar-refractivity contribution >= 4 is 29.2 Å². The molecule has 1 aliphatic heterocycles. The van der Waals surface area contributed by atoms with Crippen LogP contribution in [0.15, 0.2) is 11.2 Å². The fraction of sp³-hybridized carbons (Fsp3) is 0.571. The van der Waals surface area contributed by atoms with Gasteiger partial charge in [0.15, 0.2) is 5.96 Å². The molecule has 0 unspecified atom stereocenters. The Morgan fingerprint density at radius 3 is 2.91 bits per heavy atom. The maximum Gasteiger partial charge on any atom is 0.324 e. The van der Waals surface area contributed by atoms with Crippen molar-refractivity contribution in [1.82, 2.24) is 25.8 Å². The number of imide groups is 1. The molecule has 1 saturated heterocycles. The summed E-state index contributed by atoms with van der Waals surface area (Å²) in [5, 5.41) is 9.83. The summed E-state index contributed by atoms with van der Waals surface area (Å²) in [6.45, 7) is 6.25. The number of urea groups is 1. The number of nitrogens with one attached hydrogen (secondary N) is 3. The largest absolute Gasteiger partial charge is 0.357 e. The fourth-order valence-corrected chi connectivity index (χ4v) is 2.87. The number of carbonyl (C=O) groups is 2. The summed E-state index contributed by atoms with van der Waals surface area (Å²) in [5.74, 6) is 0.478. The van der Waals surface area contributed by atoms with Gasteiger partial charge in [-0.2, -0.15) is 0 Å². The summed E-state index contributed by atoms with van der Waals surface area (Å²) in [6.07, 6.45) is 2.66. The number of aliphatic imine (C=N–C) groups is 1. The lowest BCUT2D eigenvalue weighted by atomic mass is 10.4. The molecule has 0 bridgehead atoms. The Labute approximate surface area is 139 Å². The molecule has 9 heteroatoms. The lowest BCUT2D eigenvalue weighted by Crippen LogP contribution is -2.43. The zero-order valence-corrected chi connectivity index (χ0v) is 14.2. The van der Waals surface area contributed by atoms with E-state index in [4.69, 9.17) is 0 Å². The van der Waals surface area contributed by atoms with Gasteiger partial charge in [-0.15, -0.1) is 11.3 Å². The van der Waals surface area contributed by atoms with Crippen molar-refractivity contribution < 1.29 is 9.59 Å². The van der Waals surface area contributed by atoms with Crippen molar-refractivity contribution in [2.24, 2.45) is 4.99 Å². The summed E-state index contributed by atoms with van der Waals surface area (Å²) >= 11 is 1.68. The third-order valence-electron chi connectivity index (χ3n) is 3.17. The molecular weight excluding hydrogens is 316 g/mol. The van der Waals surface area contributed by atoms with Crippen molar-refractivity contribution in [1.29, 1.82) is 0 Å².